The van der Waals surface area contributed by atoms with Crippen molar-refractivity contribution in [3.63, 3.8) is 0 Å². The van der Waals surface area contributed by atoms with Gasteiger partial charge in [0.05, 0.1) is 4.92 Å². The van der Waals surface area contributed by atoms with Crippen LogP contribution < -0.4 is 21.3 Å². The van der Waals surface area contributed by atoms with Gasteiger partial charge in [0.1, 0.15) is 0 Å². The zero-order valence-electron chi connectivity index (χ0n) is 16.5. The molecule has 0 amide bonds. The minimum atomic E-state index is -0.338. The van der Waals surface area contributed by atoms with Gasteiger partial charge in [-0.1, -0.05) is 25.0 Å². The number of benzene rings is 1. The van der Waals surface area contributed by atoms with Crippen molar-refractivity contribution < 1.29 is 4.92 Å². The van der Waals surface area contributed by atoms with E-state index in [1.165, 1.54) is 25.7 Å². The fraction of sp³-hybridized carbons (Fsp3) is 0.714. The first-order valence-corrected chi connectivity index (χ1v) is 10.9. The van der Waals surface area contributed by atoms with E-state index in [1.807, 2.05) is 12.1 Å². The summed E-state index contributed by atoms with van der Waals surface area (Å²) in [6.07, 6.45) is 6.37. The second-order valence-corrected chi connectivity index (χ2v) is 8.55. The molecule has 2 aliphatic carbocycles. The van der Waals surface area contributed by atoms with Gasteiger partial charge in [-0.2, -0.15) is 0 Å². The number of fused-ring (bicyclic) bond motifs is 4. The SMILES string of the molecule is O=[N+]([O-])c1ccc(CC2CNC3C4CCCCC4C3NCCNCCN2)cc1. The van der Waals surface area contributed by atoms with Crippen LogP contribution in [0.15, 0.2) is 24.3 Å². The Labute approximate surface area is 167 Å². The molecule has 7 heteroatoms. The summed E-state index contributed by atoms with van der Waals surface area (Å²) >= 11 is 0. The molecule has 28 heavy (non-hydrogen) atoms. The third-order valence-electron chi connectivity index (χ3n) is 6.83. The van der Waals surface area contributed by atoms with Crippen LogP contribution in [-0.4, -0.2) is 55.8 Å². The van der Waals surface area contributed by atoms with Crippen LogP contribution in [0.5, 0.6) is 0 Å². The first-order valence-electron chi connectivity index (χ1n) is 10.9. The lowest BCUT2D eigenvalue weighted by Gasteiger charge is -2.56. The normalized spacial score (nSPS) is 34.1. The largest absolute Gasteiger partial charge is 0.314 e. The molecule has 2 saturated carbocycles. The molecule has 4 rings (SSSR count). The van der Waals surface area contributed by atoms with Gasteiger partial charge < -0.3 is 21.3 Å². The Balaban J connectivity index is 1.39. The summed E-state index contributed by atoms with van der Waals surface area (Å²) in [6.45, 7) is 4.87. The number of nitrogens with one attached hydrogen (secondary N) is 4. The van der Waals surface area contributed by atoms with Gasteiger partial charge in [-0.25, -0.2) is 0 Å². The van der Waals surface area contributed by atoms with Gasteiger partial charge in [0.25, 0.3) is 5.69 Å². The van der Waals surface area contributed by atoms with Crippen molar-refractivity contribution in [2.45, 2.75) is 50.2 Å². The van der Waals surface area contributed by atoms with Crippen molar-refractivity contribution in [1.82, 2.24) is 21.3 Å². The van der Waals surface area contributed by atoms with Gasteiger partial charge in [-0.3, -0.25) is 10.1 Å². The number of rotatable bonds is 3. The molecule has 1 heterocycles. The molecule has 0 bridgehead atoms. The highest BCUT2D eigenvalue weighted by Gasteiger charge is 2.50. The maximum Gasteiger partial charge on any atom is 0.269 e. The van der Waals surface area contributed by atoms with Crippen LogP contribution in [0.4, 0.5) is 5.69 Å². The lowest BCUT2D eigenvalue weighted by molar-refractivity contribution is -0.384. The minimum absolute atomic E-state index is 0.157. The molecule has 7 nitrogen and oxygen atoms in total. The van der Waals surface area contributed by atoms with Gasteiger partial charge in [0.2, 0.25) is 0 Å². The predicted molar refractivity (Wildman–Crippen MR) is 110 cm³/mol. The van der Waals surface area contributed by atoms with Crippen LogP contribution in [0.1, 0.15) is 31.2 Å². The van der Waals surface area contributed by atoms with Gasteiger partial charge in [-0.05, 0) is 36.7 Å². The van der Waals surface area contributed by atoms with E-state index < -0.39 is 0 Å². The quantitative estimate of drug-likeness (QED) is 0.463. The van der Waals surface area contributed by atoms with Crippen LogP contribution in [0.3, 0.4) is 0 Å². The van der Waals surface area contributed by atoms with Crippen molar-refractivity contribution in [3.05, 3.63) is 39.9 Å². The Morgan fingerprint density at radius 1 is 0.893 bits per heavy atom. The van der Waals surface area contributed by atoms with Gasteiger partial charge >= 0.3 is 0 Å². The van der Waals surface area contributed by atoms with E-state index in [-0.39, 0.29) is 10.6 Å². The average molecular weight is 388 g/mol. The van der Waals surface area contributed by atoms with Crippen LogP contribution in [0.2, 0.25) is 0 Å². The zero-order chi connectivity index (χ0) is 19.3. The van der Waals surface area contributed by atoms with E-state index in [4.69, 9.17) is 0 Å². The highest BCUT2D eigenvalue weighted by molar-refractivity contribution is 5.33. The van der Waals surface area contributed by atoms with Gasteiger partial charge in [0, 0.05) is 63.0 Å². The van der Waals surface area contributed by atoms with E-state index in [2.05, 4.69) is 21.3 Å². The van der Waals surface area contributed by atoms with Gasteiger partial charge in [0.15, 0.2) is 0 Å². The molecule has 0 radical (unpaired) electrons. The number of nitrogens with zero attached hydrogens (tertiary/aromatic N) is 1. The number of nitro groups is 1. The average Bonchev–Trinajstić information content (AvgIpc) is 2.69. The number of non-ortho nitro benzene ring substituents is 1. The number of hydrogen-bond donors (Lipinski definition) is 4. The van der Waals surface area contributed by atoms with Crippen LogP contribution in [-0.2, 0) is 6.42 Å². The Hall–Kier alpha value is -1.54. The molecule has 1 aromatic carbocycles. The third-order valence-corrected chi connectivity index (χ3v) is 6.83. The van der Waals surface area contributed by atoms with Crippen LogP contribution in [0, 0.1) is 22.0 Å². The van der Waals surface area contributed by atoms with Crippen molar-refractivity contribution in [2.75, 3.05) is 32.7 Å². The summed E-state index contributed by atoms with van der Waals surface area (Å²) in [4.78, 5) is 10.5. The molecule has 3 fully saturated rings. The van der Waals surface area contributed by atoms with E-state index in [9.17, 15) is 10.1 Å². The van der Waals surface area contributed by atoms with Crippen LogP contribution in [0.25, 0.3) is 0 Å². The molecule has 5 atom stereocenters. The Bertz CT molecular complexity index is 653. The molecular formula is C21H33N5O2. The standard InChI is InChI=1S/C21H33N5O2/c27-26(28)17-7-5-15(6-8-17)13-16-14-25-21-19-4-2-1-3-18(19)20(21)24-12-10-22-9-11-23-16/h5-8,16,18-25H,1-4,9-14H2. The highest BCUT2D eigenvalue weighted by atomic mass is 16.6. The lowest BCUT2D eigenvalue weighted by atomic mass is 9.58. The molecule has 1 aliphatic heterocycles. The molecule has 0 aromatic heterocycles. The van der Waals surface area contributed by atoms with Crippen molar-refractivity contribution in [2.24, 2.45) is 11.8 Å². The first kappa shape index (κ1) is 19.8. The van der Waals surface area contributed by atoms with Crippen molar-refractivity contribution in [3.8, 4) is 0 Å². The van der Waals surface area contributed by atoms with Gasteiger partial charge in [-0.15, -0.1) is 0 Å². The molecular weight excluding hydrogens is 354 g/mol. The Morgan fingerprint density at radius 3 is 2.21 bits per heavy atom. The molecule has 4 N–H and O–H groups in total. The number of hydrogen-bond acceptors (Lipinski definition) is 6. The first-order chi connectivity index (χ1) is 13.7. The zero-order valence-corrected chi connectivity index (χ0v) is 16.5. The predicted octanol–water partition coefficient (Wildman–Crippen LogP) is 1.44. The summed E-state index contributed by atoms with van der Waals surface area (Å²) in [5.74, 6) is 1.66. The van der Waals surface area contributed by atoms with Crippen molar-refractivity contribution >= 4 is 5.69 Å². The summed E-state index contributed by atoms with van der Waals surface area (Å²) in [6, 6.07) is 8.50. The topological polar surface area (TPSA) is 91.3 Å². The summed E-state index contributed by atoms with van der Waals surface area (Å²) in [5, 5.41) is 25.8. The molecule has 1 saturated heterocycles. The molecule has 1 aromatic rings. The highest BCUT2D eigenvalue weighted by Crippen LogP contribution is 2.45. The molecule has 5 unspecified atom stereocenters. The lowest BCUT2D eigenvalue weighted by Crippen LogP contribution is -2.69. The molecule has 154 valence electrons. The Morgan fingerprint density at radius 2 is 1.54 bits per heavy atom. The van der Waals surface area contributed by atoms with Crippen LogP contribution >= 0.6 is 0 Å². The monoisotopic (exact) mass is 387 g/mol. The maximum absolute atomic E-state index is 10.9. The second-order valence-electron chi connectivity index (χ2n) is 8.55. The molecule has 3 aliphatic rings. The number of nitro benzene ring substituents is 1. The Kier molecular flexibility index (Phi) is 6.57. The fourth-order valence-electron chi connectivity index (χ4n) is 5.37. The van der Waals surface area contributed by atoms with E-state index in [0.29, 0.717) is 18.1 Å². The van der Waals surface area contributed by atoms with E-state index >= 15 is 0 Å². The van der Waals surface area contributed by atoms with E-state index in [0.717, 1.165) is 56.5 Å². The summed E-state index contributed by atoms with van der Waals surface area (Å²) in [5.41, 5.74) is 1.30. The van der Waals surface area contributed by atoms with Crippen molar-refractivity contribution in [1.29, 1.82) is 0 Å². The van der Waals surface area contributed by atoms with E-state index in [1.54, 1.807) is 12.1 Å². The fourth-order valence-corrected chi connectivity index (χ4v) is 5.37. The second kappa shape index (κ2) is 9.31. The minimum Gasteiger partial charge on any atom is -0.314 e. The summed E-state index contributed by atoms with van der Waals surface area (Å²) < 4.78 is 0. The smallest absolute Gasteiger partial charge is 0.269 e. The third kappa shape index (κ3) is 4.54. The summed E-state index contributed by atoms with van der Waals surface area (Å²) in [7, 11) is 0. The maximum atomic E-state index is 10.9. The molecule has 0 spiro atoms.